The first-order chi connectivity index (χ1) is 13.7. The van der Waals surface area contributed by atoms with Crippen LogP contribution in [0.3, 0.4) is 0 Å². The lowest BCUT2D eigenvalue weighted by atomic mass is 10.1. The van der Waals surface area contributed by atoms with Crippen molar-refractivity contribution in [2.45, 2.75) is 19.9 Å². The molecule has 0 saturated carbocycles. The van der Waals surface area contributed by atoms with Crippen molar-refractivity contribution in [1.82, 2.24) is 25.1 Å². The van der Waals surface area contributed by atoms with E-state index in [4.69, 9.17) is 4.74 Å². The molecule has 8 heteroatoms. The average molecular weight is 393 g/mol. The van der Waals surface area contributed by atoms with Crippen LogP contribution in [0.1, 0.15) is 29.3 Å². The van der Waals surface area contributed by atoms with Gasteiger partial charge in [-0.2, -0.15) is 9.61 Å². The van der Waals surface area contributed by atoms with Crippen LogP contribution < -0.4 is 10.1 Å². The van der Waals surface area contributed by atoms with Crippen molar-refractivity contribution in [1.29, 1.82) is 0 Å². The van der Waals surface area contributed by atoms with E-state index < -0.39 is 0 Å². The molecule has 4 aromatic rings. The number of hydrogen-bond acceptors (Lipinski definition) is 6. The summed E-state index contributed by atoms with van der Waals surface area (Å²) in [5.74, 6) is 0.666. The van der Waals surface area contributed by atoms with Gasteiger partial charge in [-0.25, -0.2) is 0 Å². The first-order valence-corrected chi connectivity index (χ1v) is 9.82. The largest absolute Gasteiger partial charge is 0.494 e. The molecule has 1 N–H and O–H groups in total. The minimum absolute atomic E-state index is 0.111. The highest BCUT2D eigenvalue weighted by Crippen LogP contribution is 2.24. The number of carbonyl (C=O) groups excluding carboxylic acids is 1. The van der Waals surface area contributed by atoms with Crippen molar-refractivity contribution in [3.63, 3.8) is 0 Å². The first-order valence-electron chi connectivity index (χ1n) is 9.00. The summed E-state index contributed by atoms with van der Waals surface area (Å²) < 4.78 is 7.20. The average Bonchev–Trinajstić information content (AvgIpc) is 3.33. The SMILES string of the molecule is CCCOc1ccc(C(=O)NCc2ccc(-c3nn4cnnc4s3)cc2)cc1. The molecule has 0 bridgehead atoms. The summed E-state index contributed by atoms with van der Waals surface area (Å²) in [7, 11) is 0. The molecule has 0 saturated heterocycles. The van der Waals surface area contributed by atoms with Crippen LogP contribution in [-0.4, -0.2) is 32.3 Å². The second kappa shape index (κ2) is 8.18. The number of ether oxygens (including phenoxy) is 1. The Hall–Kier alpha value is -3.26. The molecule has 2 heterocycles. The van der Waals surface area contributed by atoms with Gasteiger partial charge in [0.15, 0.2) is 0 Å². The fourth-order valence-electron chi connectivity index (χ4n) is 2.65. The maximum Gasteiger partial charge on any atom is 0.251 e. The van der Waals surface area contributed by atoms with Gasteiger partial charge in [0.2, 0.25) is 4.96 Å². The van der Waals surface area contributed by atoms with E-state index in [1.165, 1.54) is 11.3 Å². The number of fused-ring (bicyclic) bond motifs is 1. The molecule has 0 radical (unpaired) electrons. The fourth-order valence-corrected chi connectivity index (χ4v) is 3.47. The zero-order valence-electron chi connectivity index (χ0n) is 15.3. The lowest BCUT2D eigenvalue weighted by molar-refractivity contribution is 0.0951. The first kappa shape index (κ1) is 18.1. The molecule has 4 rings (SSSR count). The number of amides is 1. The van der Waals surface area contributed by atoms with Crippen LogP contribution in [0.2, 0.25) is 0 Å². The molecule has 0 aliphatic heterocycles. The third kappa shape index (κ3) is 4.01. The van der Waals surface area contributed by atoms with Crippen LogP contribution in [0.4, 0.5) is 0 Å². The predicted molar refractivity (Wildman–Crippen MR) is 107 cm³/mol. The Kier molecular flexibility index (Phi) is 5.29. The number of rotatable bonds is 7. The Morgan fingerprint density at radius 3 is 2.64 bits per heavy atom. The van der Waals surface area contributed by atoms with Crippen molar-refractivity contribution in [2.75, 3.05) is 6.61 Å². The highest BCUT2D eigenvalue weighted by Gasteiger charge is 2.09. The molecule has 0 aliphatic carbocycles. The highest BCUT2D eigenvalue weighted by atomic mass is 32.1. The zero-order chi connectivity index (χ0) is 19.3. The molecule has 2 aromatic heterocycles. The molecule has 0 spiro atoms. The molecular formula is C20H19N5O2S. The lowest BCUT2D eigenvalue weighted by Crippen LogP contribution is -2.22. The summed E-state index contributed by atoms with van der Waals surface area (Å²) in [6.45, 7) is 3.19. The van der Waals surface area contributed by atoms with Crippen molar-refractivity contribution in [3.8, 4) is 16.3 Å². The normalized spacial score (nSPS) is 10.9. The predicted octanol–water partition coefficient (Wildman–Crippen LogP) is 3.57. The monoisotopic (exact) mass is 393 g/mol. The van der Waals surface area contributed by atoms with Gasteiger partial charge in [0.1, 0.15) is 17.1 Å². The summed E-state index contributed by atoms with van der Waals surface area (Å²) in [5.41, 5.74) is 2.64. The molecule has 0 unspecified atom stereocenters. The van der Waals surface area contributed by atoms with Gasteiger partial charge < -0.3 is 10.1 Å². The van der Waals surface area contributed by atoms with Crippen LogP contribution in [0.15, 0.2) is 54.9 Å². The quantitative estimate of drug-likeness (QED) is 0.519. The minimum Gasteiger partial charge on any atom is -0.494 e. The Labute approximate surface area is 166 Å². The van der Waals surface area contributed by atoms with E-state index in [1.807, 2.05) is 36.4 Å². The molecule has 142 valence electrons. The van der Waals surface area contributed by atoms with Crippen LogP contribution >= 0.6 is 11.3 Å². The minimum atomic E-state index is -0.111. The smallest absolute Gasteiger partial charge is 0.251 e. The maximum absolute atomic E-state index is 12.3. The highest BCUT2D eigenvalue weighted by molar-refractivity contribution is 7.19. The van der Waals surface area contributed by atoms with Gasteiger partial charge in [-0.05, 0) is 36.2 Å². The number of aromatic nitrogens is 4. The fraction of sp³-hybridized carbons (Fsp3) is 0.200. The van der Waals surface area contributed by atoms with Gasteiger partial charge in [-0.3, -0.25) is 4.79 Å². The van der Waals surface area contributed by atoms with E-state index in [2.05, 4.69) is 27.5 Å². The zero-order valence-corrected chi connectivity index (χ0v) is 16.1. The van der Waals surface area contributed by atoms with Crippen LogP contribution in [0.25, 0.3) is 15.5 Å². The summed E-state index contributed by atoms with van der Waals surface area (Å²) in [5, 5.41) is 16.1. The second-order valence-corrected chi connectivity index (χ2v) is 7.17. The molecule has 7 nitrogen and oxygen atoms in total. The molecule has 0 fully saturated rings. The molecule has 1 amide bonds. The maximum atomic E-state index is 12.3. The van der Waals surface area contributed by atoms with E-state index >= 15 is 0 Å². The van der Waals surface area contributed by atoms with Gasteiger partial charge in [0.05, 0.1) is 6.61 Å². The molecular weight excluding hydrogens is 374 g/mol. The van der Waals surface area contributed by atoms with E-state index in [0.717, 1.165) is 33.3 Å². The second-order valence-electron chi connectivity index (χ2n) is 6.22. The van der Waals surface area contributed by atoms with Crippen molar-refractivity contribution < 1.29 is 9.53 Å². The number of nitrogens with zero attached hydrogens (tertiary/aromatic N) is 4. The standard InChI is InChI=1S/C20H19N5O2S/c1-2-11-27-17-9-7-15(8-10-17)18(26)21-12-14-3-5-16(6-4-14)19-24-25-13-22-23-20(25)28-19/h3-10,13H,2,11-12H2,1H3,(H,21,26). The van der Waals surface area contributed by atoms with Crippen molar-refractivity contribution >= 4 is 22.2 Å². The van der Waals surface area contributed by atoms with E-state index in [-0.39, 0.29) is 5.91 Å². The molecule has 28 heavy (non-hydrogen) atoms. The third-order valence-electron chi connectivity index (χ3n) is 4.13. The van der Waals surface area contributed by atoms with Crippen molar-refractivity contribution in [3.05, 3.63) is 66.0 Å². The van der Waals surface area contributed by atoms with Gasteiger partial charge in [0.25, 0.3) is 5.91 Å². The van der Waals surface area contributed by atoms with Gasteiger partial charge >= 0.3 is 0 Å². The Morgan fingerprint density at radius 1 is 1.14 bits per heavy atom. The van der Waals surface area contributed by atoms with Crippen LogP contribution in [-0.2, 0) is 6.54 Å². The number of nitrogens with one attached hydrogen (secondary N) is 1. The van der Waals surface area contributed by atoms with E-state index in [1.54, 1.807) is 23.0 Å². The van der Waals surface area contributed by atoms with Crippen molar-refractivity contribution in [2.24, 2.45) is 0 Å². The topological polar surface area (TPSA) is 81.4 Å². The lowest BCUT2D eigenvalue weighted by Gasteiger charge is -2.08. The summed E-state index contributed by atoms with van der Waals surface area (Å²) >= 11 is 1.48. The van der Waals surface area contributed by atoms with E-state index in [9.17, 15) is 4.79 Å². The molecule has 0 atom stereocenters. The van der Waals surface area contributed by atoms with Gasteiger partial charge in [-0.1, -0.05) is 42.5 Å². The third-order valence-corrected chi connectivity index (χ3v) is 5.09. The number of carbonyl (C=O) groups is 1. The Morgan fingerprint density at radius 2 is 1.93 bits per heavy atom. The van der Waals surface area contributed by atoms with Gasteiger partial charge in [0, 0.05) is 17.7 Å². The van der Waals surface area contributed by atoms with Crippen LogP contribution in [0, 0.1) is 0 Å². The number of hydrogen-bond donors (Lipinski definition) is 1. The Bertz CT molecular complexity index is 1040. The van der Waals surface area contributed by atoms with Crippen LogP contribution in [0.5, 0.6) is 5.75 Å². The summed E-state index contributed by atoms with van der Waals surface area (Å²) in [6.07, 6.45) is 2.54. The molecule has 2 aromatic carbocycles. The van der Waals surface area contributed by atoms with Gasteiger partial charge in [-0.15, -0.1) is 10.2 Å². The number of benzene rings is 2. The summed E-state index contributed by atoms with van der Waals surface area (Å²) in [6, 6.07) is 15.1. The molecule has 0 aliphatic rings. The Balaban J connectivity index is 1.35. The van der Waals surface area contributed by atoms with E-state index in [0.29, 0.717) is 18.7 Å². The summed E-state index contributed by atoms with van der Waals surface area (Å²) in [4.78, 5) is 13.1.